The zero-order valence-corrected chi connectivity index (χ0v) is 11.7. The van der Waals surface area contributed by atoms with E-state index < -0.39 is 0 Å². The fourth-order valence-corrected chi connectivity index (χ4v) is 2.06. The van der Waals surface area contributed by atoms with Gasteiger partial charge in [-0.1, -0.05) is 18.5 Å². The zero-order valence-electron chi connectivity index (χ0n) is 10.9. The molecule has 0 N–H and O–H groups in total. The van der Waals surface area contributed by atoms with Crippen LogP contribution in [0.25, 0.3) is 5.78 Å². The van der Waals surface area contributed by atoms with Gasteiger partial charge in [-0.15, -0.1) is 0 Å². The second kappa shape index (κ2) is 5.46. The second-order valence-electron chi connectivity index (χ2n) is 4.33. The van der Waals surface area contributed by atoms with Crippen molar-refractivity contribution in [2.75, 3.05) is 0 Å². The van der Waals surface area contributed by atoms with E-state index in [9.17, 15) is 0 Å². The summed E-state index contributed by atoms with van der Waals surface area (Å²) < 4.78 is 7.58. The fourth-order valence-electron chi connectivity index (χ4n) is 1.94. The molecule has 2 heterocycles. The molecular weight excluding hydrogens is 276 g/mol. The molecule has 3 rings (SSSR count). The maximum atomic E-state index is 5.95. The molecule has 0 saturated heterocycles. The molecule has 0 aliphatic carbocycles. The van der Waals surface area contributed by atoms with Gasteiger partial charge < -0.3 is 4.74 Å². The van der Waals surface area contributed by atoms with Crippen LogP contribution in [0.3, 0.4) is 0 Å². The Bertz CT molecular complexity index is 711. The van der Waals surface area contributed by atoms with E-state index in [1.807, 2.05) is 24.4 Å². The summed E-state index contributed by atoms with van der Waals surface area (Å²) in [6, 6.07) is 9.20. The summed E-state index contributed by atoms with van der Waals surface area (Å²) in [5.74, 6) is 1.34. The number of nitrogens with zero attached hydrogens (tertiary/aromatic N) is 4. The first-order valence-corrected chi connectivity index (χ1v) is 6.72. The SMILES string of the molecule is CCC(Oc1ccc(Cl)cc1)c1ccn2ncnc2n1. The Morgan fingerprint density at radius 2 is 2.05 bits per heavy atom. The molecule has 1 aromatic carbocycles. The fraction of sp³-hybridized carbons (Fsp3) is 0.214. The molecule has 0 bridgehead atoms. The van der Waals surface area contributed by atoms with Gasteiger partial charge in [-0.25, -0.2) is 9.50 Å². The van der Waals surface area contributed by atoms with E-state index in [1.54, 1.807) is 16.6 Å². The number of fused-ring (bicyclic) bond motifs is 1. The van der Waals surface area contributed by atoms with Crippen LogP contribution >= 0.6 is 11.6 Å². The Labute approximate surface area is 121 Å². The van der Waals surface area contributed by atoms with Gasteiger partial charge in [-0.3, -0.25) is 0 Å². The predicted octanol–water partition coefficient (Wildman–Crippen LogP) is 3.31. The Morgan fingerprint density at radius 1 is 1.25 bits per heavy atom. The van der Waals surface area contributed by atoms with E-state index in [4.69, 9.17) is 16.3 Å². The summed E-state index contributed by atoms with van der Waals surface area (Å²) in [7, 11) is 0. The highest BCUT2D eigenvalue weighted by Gasteiger charge is 2.14. The number of rotatable bonds is 4. The topological polar surface area (TPSA) is 52.3 Å². The summed E-state index contributed by atoms with van der Waals surface area (Å²) in [5.41, 5.74) is 0.836. The number of hydrogen-bond donors (Lipinski definition) is 0. The third kappa shape index (κ3) is 2.58. The van der Waals surface area contributed by atoms with E-state index in [0.29, 0.717) is 10.8 Å². The van der Waals surface area contributed by atoms with Gasteiger partial charge in [-0.05, 0) is 36.8 Å². The minimum Gasteiger partial charge on any atom is -0.484 e. The lowest BCUT2D eigenvalue weighted by Gasteiger charge is -2.17. The molecule has 5 nitrogen and oxygen atoms in total. The lowest BCUT2D eigenvalue weighted by atomic mass is 10.2. The number of hydrogen-bond acceptors (Lipinski definition) is 4. The van der Waals surface area contributed by atoms with E-state index in [1.165, 1.54) is 6.33 Å². The van der Waals surface area contributed by atoms with Crippen LogP contribution in [-0.4, -0.2) is 19.6 Å². The number of ether oxygens (including phenoxy) is 1. The Hall–Kier alpha value is -2.14. The molecule has 20 heavy (non-hydrogen) atoms. The Kier molecular flexibility index (Phi) is 3.52. The molecule has 1 atom stereocenters. The highest BCUT2D eigenvalue weighted by molar-refractivity contribution is 6.30. The molecule has 0 fully saturated rings. The summed E-state index contributed by atoms with van der Waals surface area (Å²) in [5, 5.41) is 4.71. The van der Waals surface area contributed by atoms with Crippen LogP contribution in [-0.2, 0) is 0 Å². The van der Waals surface area contributed by atoms with Crippen molar-refractivity contribution in [3.05, 3.63) is 53.6 Å². The van der Waals surface area contributed by atoms with Crippen molar-refractivity contribution in [2.45, 2.75) is 19.4 Å². The van der Waals surface area contributed by atoms with Gasteiger partial charge in [0.2, 0.25) is 0 Å². The summed E-state index contributed by atoms with van der Waals surface area (Å²) in [6.07, 6.45) is 3.99. The van der Waals surface area contributed by atoms with Crippen LogP contribution in [0.2, 0.25) is 5.02 Å². The molecule has 0 aliphatic heterocycles. The predicted molar refractivity (Wildman–Crippen MR) is 75.9 cm³/mol. The van der Waals surface area contributed by atoms with Gasteiger partial charge in [-0.2, -0.15) is 10.1 Å². The third-order valence-corrected chi connectivity index (χ3v) is 3.21. The van der Waals surface area contributed by atoms with Crippen LogP contribution in [0.1, 0.15) is 25.1 Å². The van der Waals surface area contributed by atoms with Gasteiger partial charge in [0.15, 0.2) is 0 Å². The van der Waals surface area contributed by atoms with Gasteiger partial charge in [0, 0.05) is 11.2 Å². The second-order valence-corrected chi connectivity index (χ2v) is 4.76. The van der Waals surface area contributed by atoms with Crippen molar-refractivity contribution in [1.29, 1.82) is 0 Å². The maximum absolute atomic E-state index is 5.95. The van der Waals surface area contributed by atoms with Gasteiger partial charge in [0.1, 0.15) is 18.2 Å². The molecule has 6 heteroatoms. The summed E-state index contributed by atoms with van der Waals surface area (Å²) in [6.45, 7) is 2.05. The minimum absolute atomic E-state index is 0.127. The van der Waals surface area contributed by atoms with Crippen LogP contribution in [0.5, 0.6) is 5.75 Å². The molecular formula is C14H13ClN4O. The first-order chi connectivity index (χ1) is 9.76. The monoisotopic (exact) mass is 288 g/mol. The average Bonchev–Trinajstić information content (AvgIpc) is 2.94. The molecule has 0 amide bonds. The standard InChI is InChI=1S/C14H13ClN4O/c1-2-13(20-11-5-3-10(15)4-6-11)12-7-8-19-14(18-12)16-9-17-19/h3-9,13H,2H2,1H3. The van der Waals surface area contributed by atoms with E-state index in [0.717, 1.165) is 17.9 Å². The lowest BCUT2D eigenvalue weighted by molar-refractivity contribution is 0.196. The van der Waals surface area contributed by atoms with E-state index >= 15 is 0 Å². The van der Waals surface area contributed by atoms with Crippen LogP contribution < -0.4 is 4.74 Å². The normalized spacial score (nSPS) is 12.5. The smallest absolute Gasteiger partial charge is 0.252 e. The van der Waals surface area contributed by atoms with Crippen molar-refractivity contribution in [3.63, 3.8) is 0 Å². The van der Waals surface area contributed by atoms with E-state index in [-0.39, 0.29) is 6.10 Å². The van der Waals surface area contributed by atoms with Crippen molar-refractivity contribution in [2.24, 2.45) is 0 Å². The first-order valence-electron chi connectivity index (χ1n) is 6.35. The summed E-state index contributed by atoms with van der Waals surface area (Å²) >= 11 is 5.87. The average molecular weight is 289 g/mol. The maximum Gasteiger partial charge on any atom is 0.252 e. The molecule has 0 spiro atoms. The third-order valence-electron chi connectivity index (χ3n) is 2.96. The highest BCUT2D eigenvalue weighted by Crippen LogP contribution is 2.24. The van der Waals surface area contributed by atoms with Crippen LogP contribution in [0.4, 0.5) is 0 Å². The van der Waals surface area contributed by atoms with Crippen LogP contribution in [0.15, 0.2) is 42.9 Å². The van der Waals surface area contributed by atoms with Crippen molar-refractivity contribution in [3.8, 4) is 5.75 Å². The molecule has 0 saturated carbocycles. The lowest BCUT2D eigenvalue weighted by Crippen LogP contribution is -2.09. The largest absolute Gasteiger partial charge is 0.484 e. The zero-order chi connectivity index (χ0) is 13.9. The Morgan fingerprint density at radius 3 is 2.80 bits per heavy atom. The molecule has 3 aromatic rings. The van der Waals surface area contributed by atoms with Crippen molar-refractivity contribution in [1.82, 2.24) is 19.6 Å². The molecule has 1 unspecified atom stereocenters. The molecule has 102 valence electrons. The first kappa shape index (κ1) is 12.9. The quantitative estimate of drug-likeness (QED) is 0.739. The van der Waals surface area contributed by atoms with Gasteiger partial charge in [0.25, 0.3) is 5.78 Å². The molecule has 0 aliphatic rings. The van der Waals surface area contributed by atoms with Crippen molar-refractivity contribution >= 4 is 17.4 Å². The van der Waals surface area contributed by atoms with Crippen LogP contribution in [0, 0.1) is 0 Å². The number of halogens is 1. The van der Waals surface area contributed by atoms with E-state index in [2.05, 4.69) is 22.0 Å². The Balaban J connectivity index is 1.86. The molecule has 0 radical (unpaired) electrons. The van der Waals surface area contributed by atoms with Gasteiger partial charge in [0.05, 0.1) is 5.69 Å². The minimum atomic E-state index is -0.127. The van der Waals surface area contributed by atoms with Crippen molar-refractivity contribution < 1.29 is 4.74 Å². The number of aromatic nitrogens is 4. The summed E-state index contributed by atoms with van der Waals surface area (Å²) in [4.78, 5) is 8.54. The molecule has 2 aromatic heterocycles. The number of benzene rings is 1. The highest BCUT2D eigenvalue weighted by atomic mass is 35.5. The van der Waals surface area contributed by atoms with Gasteiger partial charge >= 0.3 is 0 Å².